The number of hydrogen-bond acceptors (Lipinski definition) is 3. The molecule has 0 bridgehead atoms. The molecule has 4 amide bonds. The molecule has 22 heavy (non-hydrogen) atoms. The Morgan fingerprint density at radius 1 is 1.00 bits per heavy atom. The zero-order valence-electron chi connectivity index (χ0n) is 13.1. The van der Waals surface area contributed by atoms with Crippen LogP contribution in [0.3, 0.4) is 0 Å². The van der Waals surface area contributed by atoms with Gasteiger partial charge in [-0.3, -0.25) is 9.59 Å². The van der Waals surface area contributed by atoms with Gasteiger partial charge in [0.05, 0.1) is 6.54 Å². The SMILES string of the molecule is CCNC(=O)CNC(=O)Nc1ccc(C(=O)NCC)cc1C. The average molecular weight is 306 g/mol. The molecule has 1 aromatic carbocycles. The van der Waals surface area contributed by atoms with E-state index in [9.17, 15) is 14.4 Å². The molecule has 0 saturated carbocycles. The Kier molecular flexibility index (Phi) is 6.88. The second-order valence-corrected chi connectivity index (χ2v) is 4.65. The van der Waals surface area contributed by atoms with E-state index in [-0.39, 0.29) is 18.4 Å². The number of amides is 4. The van der Waals surface area contributed by atoms with Gasteiger partial charge in [0.2, 0.25) is 5.91 Å². The Morgan fingerprint density at radius 3 is 2.27 bits per heavy atom. The second-order valence-electron chi connectivity index (χ2n) is 4.65. The highest BCUT2D eigenvalue weighted by atomic mass is 16.2. The van der Waals surface area contributed by atoms with Crippen LogP contribution in [-0.2, 0) is 4.79 Å². The third kappa shape index (κ3) is 5.43. The standard InChI is InChI=1S/C15H22N4O3/c1-4-16-13(20)9-18-15(22)19-12-7-6-11(8-10(12)3)14(21)17-5-2/h6-8H,4-5,9H2,1-3H3,(H,16,20)(H,17,21)(H2,18,19,22). The van der Waals surface area contributed by atoms with E-state index < -0.39 is 6.03 Å². The normalized spacial score (nSPS) is 9.77. The Morgan fingerprint density at radius 2 is 1.68 bits per heavy atom. The number of aryl methyl sites for hydroxylation is 1. The molecule has 0 heterocycles. The van der Waals surface area contributed by atoms with E-state index in [1.807, 2.05) is 6.92 Å². The second kappa shape index (κ2) is 8.66. The Hall–Kier alpha value is -2.57. The summed E-state index contributed by atoms with van der Waals surface area (Å²) >= 11 is 0. The van der Waals surface area contributed by atoms with E-state index >= 15 is 0 Å². The lowest BCUT2D eigenvalue weighted by Crippen LogP contribution is -2.38. The van der Waals surface area contributed by atoms with Crippen molar-refractivity contribution >= 4 is 23.5 Å². The minimum atomic E-state index is -0.472. The summed E-state index contributed by atoms with van der Waals surface area (Å²) in [6.07, 6.45) is 0. The molecule has 0 fully saturated rings. The van der Waals surface area contributed by atoms with Crippen molar-refractivity contribution in [2.75, 3.05) is 25.0 Å². The highest BCUT2D eigenvalue weighted by Crippen LogP contribution is 2.16. The lowest BCUT2D eigenvalue weighted by atomic mass is 10.1. The molecule has 0 unspecified atom stereocenters. The van der Waals surface area contributed by atoms with Crippen LogP contribution in [0.25, 0.3) is 0 Å². The third-order valence-electron chi connectivity index (χ3n) is 2.86. The van der Waals surface area contributed by atoms with Crippen LogP contribution in [0.15, 0.2) is 18.2 Å². The largest absolute Gasteiger partial charge is 0.355 e. The zero-order valence-corrected chi connectivity index (χ0v) is 13.1. The number of anilines is 1. The van der Waals surface area contributed by atoms with Crippen LogP contribution in [-0.4, -0.2) is 37.5 Å². The van der Waals surface area contributed by atoms with Gasteiger partial charge in [-0.15, -0.1) is 0 Å². The maximum absolute atomic E-state index is 11.7. The van der Waals surface area contributed by atoms with Crippen molar-refractivity contribution < 1.29 is 14.4 Å². The van der Waals surface area contributed by atoms with Crippen LogP contribution in [0.2, 0.25) is 0 Å². The minimum Gasteiger partial charge on any atom is -0.355 e. The summed E-state index contributed by atoms with van der Waals surface area (Å²) in [5, 5.41) is 10.4. The highest BCUT2D eigenvalue weighted by Gasteiger charge is 2.09. The molecule has 0 aromatic heterocycles. The summed E-state index contributed by atoms with van der Waals surface area (Å²) in [6, 6.07) is 4.52. The molecule has 7 heteroatoms. The number of benzene rings is 1. The number of carbonyl (C=O) groups excluding carboxylic acids is 3. The maximum Gasteiger partial charge on any atom is 0.319 e. The number of urea groups is 1. The summed E-state index contributed by atoms with van der Waals surface area (Å²) in [6.45, 7) is 6.43. The minimum absolute atomic E-state index is 0.0876. The molecule has 1 aromatic rings. The highest BCUT2D eigenvalue weighted by molar-refractivity contribution is 5.96. The predicted molar refractivity (Wildman–Crippen MR) is 84.9 cm³/mol. The number of hydrogen-bond donors (Lipinski definition) is 4. The van der Waals surface area contributed by atoms with Crippen LogP contribution in [0.4, 0.5) is 10.5 Å². The molecule has 0 aliphatic rings. The van der Waals surface area contributed by atoms with Crippen LogP contribution < -0.4 is 21.3 Å². The monoisotopic (exact) mass is 306 g/mol. The van der Waals surface area contributed by atoms with Gasteiger partial charge in [0.15, 0.2) is 0 Å². The quantitative estimate of drug-likeness (QED) is 0.631. The van der Waals surface area contributed by atoms with Gasteiger partial charge < -0.3 is 21.3 Å². The molecule has 0 spiro atoms. The topological polar surface area (TPSA) is 99.3 Å². The molecule has 0 aliphatic heterocycles. The summed E-state index contributed by atoms with van der Waals surface area (Å²) in [7, 11) is 0. The van der Waals surface area contributed by atoms with Crippen molar-refractivity contribution in [3.05, 3.63) is 29.3 Å². The predicted octanol–water partition coefficient (Wildman–Crippen LogP) is 1.00. The summed E-state index contributed by atoms with van der Waals surface area (Å²) in [5.41, 5.74) is 1.88. The van der Waals surface area contributed by atoms with Gasteiger partial charge in [-0.1, -0.05) is 0 Å². The smallest absolute Gasteiger partial charge is 0.319 e. The molecule has 0 aliphatic carbocycles. The van der Waals surface area contributed by atoms with E-state index in [1.165, 1.54) is 0 Å². The van der Waals surface area contributed by atoms with Gasteiger partial charge in [-0.2, -0.15) is 0 Å². The van der Waals surface area contributed by atoms with Gasteiger partial charge in [0.1, 0.15) is 0 Å². The van der Waals surface area contributed by atoms with Crippen molar-refractivity contribution in [2.45, 2.75) is 20.8 Å². The first-order chi connectivity index (χ1) is 10.5. The molecule has 120 valence electrons. The van der Waals surface area contributed by atoms with Crippen LogP contribution in [0.1, 0.15) is 29.8 Å². The molecule has 0 saturated heterocycles. The van der Waals surface area contributed by atoms with Crippen molar-refractivity contribution in [3.63, 3.8) is 0 Å². The number of likely N-dealkylation sites (N-methyl/N-ethyl adjacent to an activating group) is 1. The van der Waals surface area contributed by atoms with Crippen molar-refractivity contribution in [2.24, 2.45) is 0 Å². The van der Waals surface area contributed by atoms with Gasteiger partial charge in [0.25, 0.3) is 5.91 Å². The van der Waals surface area contributed by atoms with E-state index in [1.54, 1.807) is 32.0 Å². The fraction of sp³-hybridized carbons (Fsp3) is 0.400. The molecule has 7 nitrogen and oxygen atoms in total. The third-order valence-corrected chi connectivity index (χ3v) is 2.86. The zero-order chi connectivity index (χ0) is 16.5. The van der Waals surface area contributed by atoms with E-state index in [4.69, 9.17) is 0 Å². The summed E-state index contributed by atoms with van der Waals surface area (Å²) < 4.78 is 0. The maximum atomic E-state index is 11.7. The molecule has 4 N–H and O–H groups in total. The van der Waals surface area contributed by atoms with E-state index in [2.05, 4.69) is 21.3 Å². The first kappa shape index (κ1) is 17.5. The Bertz CT molecular complexity index is 558. The lowest BCUT2D eigenvalue weighted by Gasteiger charge is -2.11. The van der Waals surface area contributed by atoms with Crippen LogP contribution >= 0.6 is 0 Å². The number of rotatable bonds is 6. The lowest BCUT2D eigenvalue weighted by molar-refractivity contribution is -0.119. The van der Waals surface area contributed by atoms with E-state index in [0.29, 0.717) is 24.3 Å². The fourth-order valence-electron chi connectivity index (χ4n) is 1.79. The summed E-state index contributed by atoms with van der Waals surface area (Å²) in [4.78, 5) is 34.7. The van der Waals surface area contributed by atoms with Gasteiger partial charge in [-0.25, -0.2) is 4.79 Å². The molecule has 1 rings (SSSR count). The van der Waals surface area contributed by atoms with Crippen molar-refractivity contribution in [3.8, 4) is 0 Å². The van der Waals surface area contributed by atoms with Crippen LogP contribution in [0.5, 0.6) is 0 Å². The van der Waals surface area contributed by atoms with E-state index in [0.717, 1.165) is 5.56 Å². The first-order valence-corrected chi connectivity index (χ1v) is 7.18. The molecule has 0 atom stereocenters. The Labute approximate surface area is 129 Å². The van der Waals surface area contributed by atoms with Gasteiger partial charge in [-0.05, 0) is 44.5 Å². The average Bonchev–Trinajstić information content (AvgIpc) is 2.48. The van der Waals surface area contributed by atoms with Crippen molar-refractivity contribution in [1.29, 1.82) is 0 Å². The van der Waals surface area contributed by atoms with Gasteiger partial charge in [0, 0.05) is 24.3 Å². The fourth-order valence-corrected chi connectivity index (χ4v) is 1.79. The van der Waals surface area contributed by atoms with Crippen LogP contribution in [0, 0.1) is 6.92 Å². The number of nitrogens with one attached hydrogen (secondary N) is 4. The number of carbonyl (C=O) groups is 3. The summed E-state index contributed by atoms with van der Waals surface area (Å²) in [5.74, 6) is -0.404. The van der Waals surface area contributed by atoms with Crippen molar-refractivity contribution in [1.82, 2.24) is 16.0 Å². The molecule has 0 radical (unpaired) electrons. The first-order valence-electron chi connectivity index (χ1n) is 7.18. The Balaban J connectivity index is 2.60. The molecular weight excluding hydrogens is 284 g/mol. The van der Waals surface area contributed by atoms with Gasteiger partial charge >= 0.3 is 6.03 Å². The molecular formula is C15H22N4O3.